The summed E-state index contributed by atoms with van der Waals surface area (Å²) in [6.07, 6.45) is 4.85. The molecule has 4 nitrogen and oxygen atoms in total. The van der Waals surface area contributed by atoms with Gasteiger partial charge in [-0.25, -0.2) is 0 Å². The lowest BCUT2D eigenvalue weighted by Gasteiger charge is -2.34. The Kier molecular flexibility index (Phi) is 2.72. The highest BCUT2D eigenvalue weighted by Crippen LogP contribution is 2.36. The maximum Gasteiger partial charge on any atom is 0.227 e. The van der Waals surface area contributed by atoms with Gasteiger partial charge in [-0.3, -0.25) is 0 Å². The van der Waals surface area contributed by atoms with Crippen LogP contribution in [0.15, 0.2) is 22.0 Å². The van der Waals surface area contributed by atoms with Gasteiger partial charge in [0, 0.05) is 11.3 Å². The van der Waals surface area contributed by atoms with Gasteiger partial charge in [-0.1, -0.05) is 11.2 Å². The van der Waals surface area contributed by atoms with Crippen LogP contribution in [-0.2, 0) is 18.4 Å². The SMILES string of the molecule is NC1(c2noc(CCc3cccs3)n2)CCC1. The minimum Gasteiger partial charge on any atom is -0.339 e. The minimum absolute atomic E-state index is 0.315. The molecule has 1 fully saturated rings. The van der Waals surface area contributed by atoms with Crippen LogP contribution < -0.4 is 5.73 Å². The Hall–Kier alpha value is -1.20. The van der Waals surface area contributed by atoms with E-state index < -0.39 is 0 Å². The summed E-state index contributed by atoms with van der Waals surface area (Å²) in [4.78, 5) is 5.75. The molecule has 1 aliphatic rings. The molecule has 0 atom stereocenters. The lowest BCUT2D eigenvalue weighted by molar-refractivity contribution is 0.229. The van der Waals surface area contributed by atoms with Crippen molar-refractivity contribution in [2.75, 3.05) is 0 Å². The van der Waals surface area contributed by atoms with Gasteiger partial charge in [-0.2, -0.15) is 4.98 Å². The van der Waals surface area contributed by atoms with Crippen LogP contribution >= 0.6 is 11.3 Å². The molecule has 0 unspecified atom stereocenters. The normalized spacial score (nSPS) is 17.9. The molecule has 0 amide bonds. The van der Waals surface area contributed by atoms with Crippen LogP contribution in [0.25, 0.3) is 0 Å². The number of rotatable bonds is 4. The average Bonchev–Trinajstić information content (AvgIpc) is 2.94. The van der Waals surface area contributed by atoms with Crippen molar-refractivity contribution in [3.63, 3.8) is 0 Å². The van der Waals surface area contributed by atoms with Crippen molar-refractivity contribution >= 4 is 11.3 Å². The third-order valence-corrected chi connectivity index (χ3v) is 4.26. The first-order valence-corrected chi connectivity index (χ1v) is 6.79. The molecule has 3 rings (SSSR count). The first kappa shape index (κ1) is 10.9. The van der Waals surface area contributed by atoms with Gasteiger partial charge >= 0.3 is 0 Å². The van der Waals surface area contributed by atoms with Crippen LogP contribution in [0, 0.1) is 0 Å². The highest BCUT2D eigenvalue weighted by Gasteiger charge is 2.38. The van der Waals surface area contributed by atoms with Crippen molar-refractivity contribution in [2.24, 2.45) is 5.73 Å². The summed E-state index contributed by atoms with van der Waals surface area (Å²) in [6, 6.07) is 4.18. The molecule has 17 heavy (non-hydrogen) atoms. The molecule has 0 aromatic carbocycles. The second kappa shape index (κ2) is 4.23. The molecule has 90 valence electrons. The molecule has 2 N–H and O–H groups in total. The first-order valence-electron chi connectivity index (χ1n) is 5.91. The fourth-order valence-electron chi connectivity index (χ4n) is 2.02. The highest BCUT2D eigenvalue weighted by molar-refractivity contribution is 7.09. The summed E-state index contributed by atoms with van der Waals surface area (Å²) in [5.41, 5.74) is 5.83. The average molecular weight is 249 g/mol. The van der Waals surface area contributed by atoms with E-state index >= 15 is 0 Å². The van der Waals surface area contributed by atoms with E-state index in [1.54, 1.807) is 11.3 Å². The van der Waals surface area contributed by atoms with Crippen LogP contribution in [0.3, 0.4) is 0 Å². The van der Waals surface area contributed by atoms with E-state index in [0.717, 1.165) is 32.1 Å². The Morgan fingerprint density at radius 1 is 1.41 bits per heavy atom. The van der Waals surface area contributed by atoms with Crippen LogP contribution in [0.1, 0.15) is 35.9 Å². The van der Waals surface area contributed by atoms with Gasteiger partial charge in [0.2, 0.25) is 5.89 Å². The standard InChI is InChI=1S/C12H15N3OS/c13-12(6-2-7-12)11-14-10(16-15-11)5-4-9-3-1-8-17-9/h1,3,8H,2,4-7,13H2. The Balaban J connectivity index is 1.64. The number of aryl methyl sites for hydroxylation is 2. The van der Waals surface area contributed by atoms with Crippen LogP contribution in [0.4, 0.5) is 0 Å². The summed E-state index contributed by atoms with van der Waals surface area (Å²) in [6.45, 7) is 0. The van der Waals surface area contributed by atoms with E-state index in [1.165, 1.54) is 4.88 Å². The molecule has 1 aliphatic carbocycles. The molecule has 0 saturated heterocycles. The predicted molar refractivity (Wildman–Crippen MR) is 65.7 cm³/mol. The van der Waals surface area contributed by atoms with Gasteiger partial charge in [0.15, 0.2) is 5.82 Å². The van der Waals surface area contributed by atoms with E-state index in [4.69, 9.17) is 10.3 Å². The zero-order chi connectivity index (χ0) is 11.7. The number of hydrogen-bond acceptors (Lipinski definition) is 5. The summed E-state index contributed by atoms with van der Waals surface area (Å²) in [5, 5.41) is 6.08. The number of aromatic nitrogens is 2. The van der Waals surface area contributed by atoms with Gasteiger partial charge in [-0.15, -0.1) is 11.3 Å². The molecule has 5 heteroatoms. The van der Waals surface area contributed by atoms with Crippen molar-refractivity contribution in [3.8, 4) is 0 Å². The molecule has 0 spiro atoms. The summed E-state index contributed by atoms with van der Waals surface area (Å²) < 4.78 is 5.25. The zero-order valence-corrected chi connectivity index (χ0v) is 10.4. The molecule has 1 saturated carbocycles. The highest BCUT2D eigenvalue weighted by atomic mass is 32.1. The monoisotopic (exact) mass is 249 g/mol. The van der Waals surface area contributed by atoms with Crippen LogP contribution in [-0.4, -0.2) is 10.1 Å². The molecular weight excluding hydrogens is 234 g/mol. The van der Waals surface area contributed by atoms with E-state index in [9.17, 15) is 0 Å². The Bertz CT molecular complexity index is 488. The topological polar surface area (TPSA) is 64.9 Å². The van der Waals surface area contributed by atoms with Crippen molar-refractivity contribution in [3.05, 3.63) is 34.1 Å². The van der Waals surface area contributed by atoms with Gasteiger partial charge in [0.25, 0.3) is 0 Å². The van der Waals surface area contributed by atoms with Crippen LogP contribution in [0.5, 0.6) is 0 Å². The smallest absolute Gasteiger partial charge is 0.227 e. The quantitative estimate of drug-likeness (QED) is 0.902. The molecular formula is C12H15N3OS. The number of thiophene rings is 1. The van der Waals surface area contributed by atoms with E-state index in [2.05, 4.69) is 27.7 Å². The molecule has 2 heterocycles. The Labute approximate surface area is 104 Å². The van der Waals surface area contributed by atoms with E-state index in [0.29, 0.717) is 11.7 Å². The van der Waals surface area contributed by atoms with Crippen molar-refractivity contribution < 1.29 is 4.52 Å². The molecule has 2 aromatic heterocycles. The summed E-state index contributed by atoms with van der Waals surface area (Å²) in [7, 11) is 0. The van der Waals surface area contributed by atoms with Crippen molar-refractivity contribution in [1.29, 1.82) is 0 Å². The number of hydrogen-bond donors (Lipinski definition) is 1. The molecule has 2 aromatic rings. The summed E-state index contributed by atoms with van der Waals surface area (Å²) >= 11 is 1.76. The Morgan fingerprint density at radius 3 is 2.94 bits per heavy atom. The number of nitrogens with zero attached hydrogens (tertiary/aromatic N) is 2. The fraction of sp³-hybridized carbons (Fsp3) is 0.500. The van der Waals surface area contributed by atoms with Gasteiger partial charge in [0.05, 0.1) is 5.54 Å². The largest absolute Gasteiger partial charge is 0.339 e. The third kappa shape index (κ3) is 2.12. The maximum absolute atomic E-state index is 6.15. The Morgan fingerprint density at radius 2 is 2.29 bits per heavy atom. The van der Waals surface area contributed by atoms with Crippen LogP contribution in [0.2, 0.25) is 0 Å². The van der Waals surface area contributed by atoms with Crippen molar-refractivity contribution in [1.82, 2.24) is 10.1 Å². The fourth-order valence-corrected chi connectivity index (χ4v) is 2.73. The first-order chi connectivity index (χ1) is 8.26. The maximum atomic E-state index is 6.15. The summed E-state index contributed by atoms with van der Waals surface area (Å²) in [5.74, 6) is 1.38. The lowest BCUT2D eigenvalue weighted by Crippen LogP contribution is -2.44. The third-order valence-electron chi connectivity index (χ3n) is 3.32. The molecule has 0 aliphatic heterocycles. The second-order valence-corrected chi connectivity index (χ2v) is 5.63. The van der Waals surface area contributed by atoms with Gasteiger partial charge in [-0.05, 0) is 37.1 Å². The van der Waals surface area contributed by atoms with Gasteiger partial charge in [0.1, 0.15) is 0 Å². The zero-order valence-electron chi connectivity index (χ0n) is 9.56. The molecule has 0 radical (unpaired) electrons. The lowest BCUT2D eigenvalue weighted by atomic mass is 9.77. The second-order valence-electron chi connectivity index (χ2n) is 4.60. The van der Waals surface area contributed by atoms with E-state index in [1.807, 2.05) is 0 Å². The molecule has 0 bridgehead atoms. The minimum atomic E-state index is -0.315. The van der Waals surface area contributed by atoms with E-state index in [-0.39, 0.29) is 5.54 Å². The van der Waals surface area contributed by atoms with Gasteiger partial charge < -0.3 is 10.3 Å². The van der Waals surface area contributed by atoms with Crippen molar-refractivity contribution in [2.45, 2.75) is 37.6 Å². The number of nitrogens with two attached hydrogens (primary N) is 1. The predicted octanol–water partition coefficient (Wildman–Crippen LogP) is 2.25.